The zero-order valence-corrected chi connectivity index (χ0v) is 42.9. The molecule has 2 amide bonds. The van der Waals surface area contributed by atoms with E-state index in [1.54, 1.807) is 25.9 Å². The number of carbonyl (C=O) groups excluding carboxylic acids is 4. The third kappa shape index (κ3) is 16.0. The minimum Gasteiger partial charge on any atom is -0.465 e. The molecule has 4 N–H and O–H groups in total. The number of carbonyl (C=O) groups is 4. The number of ether oxygens (including phenoxy) is 1. The molecule has 0 saturated carbocycles. The van der Waals surface area contributed by atoms with E-state index in [-0.39, 0.29) is 87.5 Å². The number of nitrogens with zero attached hydrogens (tertiary/aromatic N) is 11. The Hall–Kier alpha value is -6.51. The zero-order chi connectivity index (χ0) is 51.6. The van der Waals surface area contributed by atoms with Gasteiger partial charge in [-0.05, 0) is 93.9 Å². The fraction of sp³-hybridized carbons (Fsp3) is 0.529. The lowest BCUT2D eigenvalue weighted by Gasteiger charge is -2.30. The number of fused-ring (bicyclic) bond motifs is 1. The minimum atomic E-state index is -0.698. The Labute approximate surface area is 432 Å². The van der Waals surface area contributed by atoms with Gasteiger partial charge in [-0.1, -0.05) is 77.2 Å². The number of benzene rings is 2. The van der Waals surface area contributed by atoms with Crippen LogP contribution >= 0.6 is 12.4 Å². The smallest absolute Gasteiger partial charge is 0.353 e. The second-order valence-electron chi connectivity index (χ2n) is 17.9. The van der Waals surface area contributed by atoms with Crippen molar-refractivity contribution < 1.29 is 30.2 Å². The first-order valence-electron chi connectivity index (χ1n) is 24.9. The van der Waals surface area contributed by atoms with E-state index < -0.39 is 28.3 Å². The fourth-order valence-corrected chi connectivity index (χ4v) is 8.91. The largest absolute Gasteiger partial charge is 0.465 e. The van der Waals surface area contributed by atoms with Crippen LogP contribution in [0.25, 0.3) is 0 Å². The Morgan fingerprint density at radius 1 is 0.764 bits per heavy atom. The SMILES string of the molecule is C.CCCN(C)C(=O)c1nc(N)c([N+](=O)[O-])c(N(CC(=O)OCC)Cc2cccc(CN3CCCC3)c2)n1.CCCN(C)C(=O)c1nc(N)c2c(n1)N(Cc1cccc(CN3CCCC3)c1)CC(=O)C2.Cl.[2H]C. The molecule has 3 aliphatic rings. The molecule has 4 aromatic rings. The van der Waals surface area contributed by atoms with Gasteiger partial charge in [-0.25, -0.2) is 9.97 Å². The van der Waals surface area contributed by atoms with Crippen molar-refractivity contribution in [2.24, 2.45) is 0 Å². The van der Waals surface area contributed by atoms with E-state index in [0.717, 1.165) is 62.4 Å². The number of rotatable bonds is 19. The Kier molecular flexibility index (Phi) is 23.0. The van der Waals surface area contributed by atoms with E-state index in [4.69, 9.17) is 17.6 Å². The monoisotopic (exact) mass is 1020 g/mol. The third-order valence-corrected chi connectivity index (χ3v) is 12.2. The molecular weight excluding hydrogens is 942 g/mol. The van der Waals surface area contributed by atoms with Gasteiger partial charge in [-0.3, -0.25) is 39.1 Å². The second kappa shape index (κ2) is 28.5. The Morgan fingerprint density at radius 3 is 1.76 bits per heavy atom. The quantitative estimate of drug-likeness (QED) is 0.0572. The summed E-state index contributed by atoms with van der Waals surface area (Å²) in [4.78, 5) is 90.1. The van der Waals surface area contributed by atoms with Crippen LogP contribution in [-0.2, 0) is 46.9 Å². The number of anilines is 4. The van der Waals surface area contributed by atoms with Crippen molar-refractivity contribution in [2.75, 3.05) is 94.3 Å². The van der Waals surface area contributed by atoms with Crippen LogP contribution < -0.4 is 21.3 Å². The molecule has 7 rings (SSSR count). The molecule has 0 atom stereocenters. The molecule has 0 bridgehead atoms. The number of likely N-dealkylation sites (tertiary alicyclic amines) is 2. The summed E-state index contributed by atoms with van der Waals surface area (Å²) < 4.78 is 10.9. The summed E-state index contributed by atoms with van der Waals surface area (Å²) in [5.41, 5.74) is 16.5. The maximum atomic E-state index is 12.9. The van der Waals surface area contributed by atoms with Gasteiger partial charge in [-0.15, -0.1) is 12.4 Å². The van der Waals surface area contributed by atoms with Gasteiger partial charge in [-0.2, -0.15) is 9.97 Å². The molecule has 0 unspecified atom stereocenters. The molecular formula is C51H76ClN13O7. The molecule has 3 aliphatic heterocycles. The van der Waals surface area contributed by atoms with Gasteiger partial charge in [0, 0.05) is 66.7 Å². The number of hydrogen-bond acceptors (Lipinski definition) is 17. The highest BCUT2D eigenvalue weighted by Gasteiger charge is 2.32. The summed E-state index contributed by atoms with van der Waals surface area (Å²) in [5.74, 6) is -1.33. The average molecular weight is 1020 g/mol. The Morgan fingerprint density at radius 2 is 1.25 bits per heavy atom. The molecule has 2 saturated heterocycles. The Bertz CT molecular complexity index is 2480. The van der Waals surface area contributed by atoms with E-state index in [2.05, 4.69) is 54.0 Å². The van der Waals surface area contributed by atoms with Crippen molar-refractivity contribution in [3.8, 4) is 0 Å². The van der Waals surface area contributed by atoms with Crippen molar-refractivity contribution in [1.29, 1.82) is 0 Å². The molecule has 72 heavy (non-hydrogen) atoms. The van der Waals surface area contributed by atoms with Crippen LogP contribution in [0.1, 0.15) is 125 Å². The average Bonchev–Trinajstić information content (AvgIpc) is 4.07. The van der Waals surface area contributed by atoms with E-state index in [1.807, 2.05) is 43.0 Å². The Balaban J connectivity index is 0.000000366. The summed E-state index contributed by atoms with van der Waals surface area (Å²) in [6.07, 6.45) is 6.65. The number of Topliss-reactive ketones (excluding diaryl/α,β-unsaturated/α-hetero) is 1. The predicted octanol–water partition coefficient (Wildman–Crippen LogP) is 6.58. The molecule has 21 heteroatoms. The highest BCUT2D eigenvalue weighted by atomic mass is 35.5. The number of ketones is 1. The summed E-state index contributed by atoms with van der Waals surface area (Å²) >= 11 is 0. The summed E-state index contributed by atoms with van der Waals surface area (Å²) in [5, 5.41) is 12.0. The normalized spacial score (nSPS) is 14.2. The highest BCUT2D eigenvalue weighted by Crippen LogP contribution is 2.33. The summed E-state index contributed by atoms with van der Waals surface area (Å²) in [6, 6.07) is 16.3. The van der Waals surface area contributed by atoms with Crippen LogP contribution in [-0.4, -0.2) is 141 Å². The number of nitro groups is 1. The van der Waals surface area contributed by atoms with E-state index in [9.17, 15) is 29.3 Å². The van der Waals surface area contributed by atoms with Crippen molar-refractivity contribution in [1.82, 2.24) is 39.5 Å². The molecule has 2 aromatic carbocycles. The van der Waals surface area contributed by atoms with Gasteiger partial charge in [0.2, 0.25) is 23.3 Å². The number of amides is 2. The van der Waals surface area contributed by atoms with Crippen LogP contribution in [0.15, 0.2) is 48.5 Å². The first kappa shape index (κ1) is 58.1. The predicted molar refractivity (Wildman–Crippen MR) is 284 cm³/mol. The van der Waals surface area contributed by atoms with Crippen molar-refractivity contribution in [2.45, 2.75) is 107 Å². The standard InChI is InChI=1S/C25H35N7O5.C24H32N6O2.2CH4.ClH/c1-4-11-29(3)25(34)23-27-22(26)21(32(35)36)24(28-23)31(17-20(33)37-5-2)16-19-10-8-9-18(14-19)15-30-12-6-7-13-30;1-3-9-28(2)24(32)22-26-21(25)20-13-19(31)16-30(23(20)27-22)15-18-8-6-7-17(12-18)14-29-10-4-5-11-29;;;/h8-10,14H,4-7,11-13,15-17H2,1-3H3,(H2,26,27,28);6-8,12H,3-5,9-11,13-16H2,1-2H3,(H2,25,26,27);2*1H4;1H/i;;1D;;. The molecule has 2 aromatic heterocycles. The van der Waals surface area contributed by atoms with Crippen molar-refractivity contribution >= 4 is 64.9 Å². The molecule has 394 valence electrons. The first-order chi connectivity index (χ1) is 34.2. The van der Waals surface area contributed by atoms with Gasteiger partial charge in [0.05, 0.1) is 18.1 Å². The van der Waals surface area contributed by atoms with Gasteiger partial charge in [0.25, 0.3) is 11.8 Å². The molecule has 5 heterocycles. The molecule has 20 nitrogen and oxygen atoms in total. The van der Waals surface area contributed by atoms with Crippen LogP contribution in [0.5, 0.6) is 0 Å². The van der Waals surface area contributed by atoms with Gasteiger partial charge in [0.1, 0.15) is 18.2 Å². The lowest BCUT2D eigenvalue weighted by atomic mass is 10.0. The van der Waals surface area contributed by atoms with Gasteiger partial charge >= 0.3 is 11.7 Å². The number of nitrogen functional groups attached to an aromatic ring is 2. The number of aromatic nitrogens is 4. The zero-order valence-electron chi connectivity index (χ0n) is 43.1. The maximum Gasteiger partial charge on any atom is 0.353 e. The van der Waals surface area contributed by atoms with Gasteiger partial charge in [0.15, 0.2) is 5.78 Å². The van der Waals surface area contributed by atoms with E-state index in [1.165, 1.54) is 48.4 Å². The number of esters is 1. The van der Waals surface area contributed by atoms with Crippen LogP contribution in [0.2, 0.25) is 0 Å². The number of hydrogen-bond donors (Lipinski definition) is 2. The third-order valence-electron chi connectivity index (χ3n) is 12.2. The first-order valence-corrected chi connectivity index (χ1v) is 23.9. The van der Waals surface area contributed by atoms with Crippen LogP contribution in [0, 0.1) is 10.1 Å². The molecule has 0 radical (unpaired) electrons. The van der Waals surface area contributed by atoms with Crippen molar-refractivity contribution in [3.05, 3.63) is 98.1 Å². The number of halogens is 1. The summed E-state index contributed by atoms with van der Waals surface area (Å²) in [7, 11) is 4.58. The topological polar surface area (TPSA) is 244 Å². The summed E-state index contributed by atoms with van der Waals surface area (Å²) in [6.45, 7) is 13.5. The molecule has 0 spiro atoms. The van der Waals surface area contributed by atoms with Crippen molar-refractivity contribution in [3.63, 3.8) is 0 Å². The minimum absolute atomic E-state index is 0. The fourth-order valence-electron chi connectivity index (χ4n) is 8.91. The second-order valence-corrected chi connectivity index (χ2v) is 17.9. The lowest BCUT2D eigenvalue weighted by Crippen LogP contribution is -2.38. The van der Waals surface area contributed by atoms with E-state index >= 15 is 0 Å². The molecule has 0 aliphatic carbocycles. The van der Waals surface area contributed by atoms with Crippen LogP contribution in [0.4, 0.5) is 29.0 Å². The highest BCUT2D eigenvalue weighted by molar-refractivity contribution is 5.95. The maximum absolute atomic E-state index is 12.9. The van der Waals surface area contributed by atoms with E-state index in [0.29, 0.717) is 37.4 Å². The number of nitrogens with two attached hydrogens (primary N) is 2. The lowest BCUT2D eigenvalue weighted by molar-refractivity contribution is -0.383. The van der Waals surface area contributed by atoms with Gasteiger partial charge < -0.3 is 35.8 Å². The van der Waals surface area contributed by atoms with Crippen LogP contribution in [0.3, 0.4) is 0 Å². The molecule has 2 fully saturated rings.